The first kappa shape index (κ1) is 14.9. The van der Waals surface area contributed by atoms with Crippen LogP contribution in [0.1, 0.15) is 52.4 Å². The van der Waals surface area contributed by atoms with Crippen LogP contribution in [0.4, 0.5) is 0 Å². The highest BCUT2D eigenvalue weighted by Crippen LogP contribution is 2.01. The van der Waals surface area contributed by atoms with E-state index in [0.717, 1.165) is 12.8 Å². The van der Waals surface area contributed by atoms with Gasteiger partial charge in [0, 0.05) is 6.08 Å². The zero-order chi connectivity index (χ0) is 12.1. The summed E-state index contributed by atoms with van der Waals surface area (Å²) in [5.41, 5.74) is 0. The van der Waals surface area contributed by atoms with Crippen LogP contribution in [0.3, 0.4) is 0 Å². The zero-order valence-corrected chi connectivity index (χ0v) is 10.6. The summed E-state index contributed by atoms with van der Waals surface area (Å²) in [6.07, 6.45) is 14.7. The predicted octanol–water partition coefficient (Wildman–Crippen LogP) is 4.02. The molecule has 0 saturated carbocycles. The lowest BCUT2D eigenvalue weighted by Gasteiger charge is -1.94. The van der Waals surface area contributed by atoms with E-state index in [-0.39, 0.29) is 5.97 Å². The fraction of sp³-hybridized carbons (Fsp3) is 0.643. The molecule has 0 aliphatic heterocycles. The van der Waals surface area contributed by atoms with Crippen molar-refractivity contribution in [1.82, 2.24) is 0 Å². The van der Waals surface area contributed by atoms with Gasteiger partial charge in [-0.25, -0.2) is 4.79 Å². The molecule has 0 amide bonds. The second kappa shape index (κ2) is 12.0. The number of hydrogen-bond donors (Lipinski definition) is 0. The van der Waals surface area contributed by atoms with Crippen LogP contribution in [0, 0.1) is 0 Å². The molecule has 16 heavy (non-hydrogen) atoms. The van der Waals surface area contributed by atoms with Crippen molar-refractivity contribution >= 4 is 5.97 Å². The Hall–Kier alpha value is -1.05. The Morgan fingerprint density at radius 2 is 1.69 bits per heavy atom. The average molecular weight is 224 g/mol. The lowest BCUT2D eigenvalue weighted by atomic mass is 10.2. The molecule has 0 spiro atoms. The van der Waals surface area contributed by atoms with Crippen LogP contribution >= 0.6 is 0 Å². The van der Waals surface area contributed by atoms with Gasteiger partial charge in [0.15, 0.2) is 0 Å². The number of carbonyl (C=O) groups is 1. The minimum Gasteiger partial charge on any atom is -0.463 e. The van der Waals surface area contributed by atoms with E-state index in [1.165, 1.54) is 31.8 Å². The number of rotatable bonds is 9. The van der Waals surface area contributed by atoms with E-state index in [4.69, 9.17) is 4.74 Å². The quantitative estimate of drug-likeness (QED) is 0.256. The highest BCUT2D eigenvalue weighted by molar-refractivity contribution is 5.81. The van der Waals surface area contributed by atoms with Gasteiger partial charge in [0.1, 0.15) is 0 Å². The summed E-state index contributed by atoms with van der Waals surface area (Å²) in [5.74, 6) is -0.241. The van der Waals surface area contributed by atoms with E-state index < -0.39 is 0 Å². The third-order valence-electron chi connectivity index (χ3n) is 2.18. The molecule has 0 saturated heterocycles. The maximum atomic E-state index is 10.9. The smallest absolute Gasteiger partial charge is 0.330 e. The van der Waals surface area contributed by atoms with Gasteiger partial charge in [0.05, 0.1) is 6.61 Å². The molecule has 0 aromatic rings. The number of esters is 1. The molecule has 0 aliphatic rings. The number of allylic oxidation sites excluding steroid dienone is 3. The van der Waals surface area contributed by atoms with Crippen molar-refractivity contribution in [1.29, 1.82) is 0 Å². The molecule has 0 aliphatic carbocycles. The van der Waals surface area contributed by atoms with Crippen molar-refractivity contribution in [3.8, 4) is 0 Å². The molecule has 2 heteroatoms. The minimum atomic E-state index is -0.241. The number of unbranched alkanes of at least 4 members (excludes halogenated alkanes) is 4. The summed E-state index contributed by atoms with van der Waals surface area (Å²) in [6.45, 7) is 4.47. The van der Waals surface area contributed by atoms with E-state index in [1.807, 2.05) is 13.0 Å². The number of ether oxygens (including phenoxy) is 1. The Balaban J connectivity index is 3.34. The summed E-state index contributed by atoms with van der Waals surface area (Å²) in [7, 11) is 0. The Morgan fingerprint density at radius 3 is 2.38 bits per heavy atom. The number of carbonyl (C=O) groups excluding carboxylic acids is 1. The normalized spacial score (nSPS) is 11.4. The highest BCUT2D eigenvalue weighted by Gasteiger charge is 1.90. The fourth-order valence-corrected chi connectivity index (χ4v) is 1.31. The van der Waals surface area contributed by atoms with Crippen molar-refractivity contribution < 1.29 is 9.53 Å². The first-order valence-corrected chi connectivity index (χ1v) is 6.29. The number of hydrogen-bond acceptors (Lipinski definition) is 2. The molecule has 0 atom stereocenters. The lowest BCUT2D eigenvalue weighted by Crippen LogP contribution is -1.98. The summed E-state index contributed by atoms with van der Waals surface area (Å²) in [4.78, 5) is 10.9. The first-order valence-electron chi connectivity index (χ1n) is 6.29. The summed E-state index contributed by atoms with van der Waals surface area (Å²) < 4.78 is 4.77. The van der Waals surface area contributed by atoms with Crippen LogP contribution in [0.15, 0.2) is 24.3 Å². The summed E-state index contributed by atoms with van der Waals surface area (Å²) in [6, 6.07) is 0. The standard InChI is InChI=1S/C14H24O2/c1-3-5-6-7-8-9-10-11-12-13-14(15)16-4-2/h8-9,12-13H,3-7,10-11H2,1-2H3/b9-8+,13-12-. The topological polar surface area (TPSA) is 26.3 Å². The van der Waals surface area contributed by atoms with Gasteiger partial charge in [-0.15, -0.1) is 0 Å². The Kier molecular flexibility index (Phi) is 11.2. The average Bonchev–Trinajstić information content (AvgIpc) is 2.27. The van der Waals surface area contributed by atoms with Crippen molar-refractivity contribution in [2.24, 2.45) is 0 Å². The molecule has 0 aromatic carbocycles. The minimum absolute atomic E-state index is 0.241. The van der Waals surface area contributed by atoms with Crippen LogP contribution in [0.5, 0.6) is 0 Å². The third kappa shape index (κ3) is 11.0. The lowest BCUT2D eigenvalue weighted by molar-refractivity contribution is -0.137. The molecule has 0 heterocycles. The van der Waals surface area contributed by atoms with Crippen molar-refractivity contribution in [3.05, 3.63) is 24.3 Å². The van der Waals surface area contributed by atoms with Gasteiger partial charge in [-0.1, -0.05) is 38.0 Å². The fourth-order valence-electron chi connectivity index (χ4n) is 1.31. The summed E-state index contributed by atoms with van der Waals surface area (Å²) >= 11 is 0. The van der Waals surface area contributed by atoms with Gasteiger partial charge in [0.2, 0.25) is 0 Å². The van der Waals surface area contributed by atoms with E-state index in [2.05, 4.69) is 19.1 Å². The predicted molar refractivity (Wildman–Crippen MR) is 68.3 cm³/mol. The van der Waals surface area contributed by atoms with E-state index in [9.17, 15) is 4.79 Å². The molecule has 0 fully saturated rings. The Morgan fingerprint density at radius 1 is 1.00 bits per heavy atom. The van der Waals surface area contributed by atoms with E-state index in [0.29, 0.717) is 6.61 Å². The van der Waals surface area contributed by atoms with Crippen molar-refractivity contribution in [2.75, 3.05) is 6.61 Å². The van der Waals surface area contributed by atoms with E-state index >= 15 is 0 Å². The highest BCUT2D eigenvalue weighted by atomic mass is 16.5. The molecule has 0 bridgehead atoms. The second-order valence-corrected chi connectivity index (χ2v) is 3.70. The van der Waals surface area contributed by atoms with E-state index in [1.54, 1.807) is 0 Å². The summed E-state index contributed by atoms with van der Waals surface area (Å²) in [5, 5.41) is 0. The van der Waals surface area contributed by atoms with Crippen molar-refractivity contribution in [2.45, 2.75) is 52.4 Å². The molecule has 2 nitrogen and oxygen atoms in total. The maximum absolute atomic E-state index is 10.9. The van der Waals surface area contributed by atoms with Crippen LogP contribution in [0.25, 0.3) is 0 Å². The van der Waals surface area contributed by atoms with Gasteiger partial charge >= 0.3 is 5.97 Å². The van der Waals surface area contributed by atoms with Gasteiger partial charge < -0.3 is 4.74 Å². The molecule has 0 N–H and O–H groups in total. The zero-order valence-electron chi connectivity index (χ0n) is 10.6. The largest absolute Gasteiger partial charge is 0.463 e. The van der Waals surface area contributed by atoms with Gasteiger partial charge in [0.25, 0.3) is 0 Å². The van der Waals surface area contributed by atoms with Crippen LogP contribution in [0.2, 0.25) is 0 Å². The molecule has 0 rings (SSSR count). The van der Waals surface area contributed by atoms with Gasteiger partial charge in [-0.3, -0.25) is 0 Å². The van der Waals surface area contributed by atoms with Crippen LogP contribution in [-0.2, 0) is 9.53 Å². The monoisotopic (exact) mass is 224 g/mol. The van der Waals surface area contributed by atoms with Gasteiger partial charge in [-0.05, 0) is 32.6 Å². The molecular formula is C14H24O2. The second-order valence-electron chi connectivity index (χ2n) is 3.70. The maximum Gasteiger partial charge on any atom is 0.330 e. The van der Waals surface area contributed by atoms with Crippen LogP contribution < -0.4 is 0 Å². The van der Waals surface area contributed by atoms with Crippen molar-refractivity contribution in [3.63, 3.8) is 0 Å². The first-order chi connectivity index (χ1) is 7.81. The Bertz CT molecular complexity index is 217. The third-order valence-corrected chi connectivity index (χ3v) is 2.18. The SMILES string of the molecule is CCCCC/C=C/CC/C=C\C(=O)OCC. The molecule has 0 aromatic heterocycles. The molecule has 0 radical (unpaired) electrons. The molecular weight excluding hydrogens is 200 g/mol. The molecule has 92 valence electrons. The Labute approximate surface area is 99.4 Å². The van der Waals surface area contributed by atoms with Gasteiger partial charge in [-0.2, -0.15) is 0 Å². The molecule has 0 unspecified atom stereocenters. The van der Waals surface area contributed by atoms with Crippen LogP contribution in [-0.4, -0.2) is 12.6 Å².